The molecule has 0 spiro atoms. The lowest BCUT2D eigenvalue weighted by atomic mass is 10.2. The molecule has 20 heavy (non-hydrogen) atoms. The summed E-state index contributed by atoms with van der Waals surface area (Å²) in [7, 11) is 0. The number of nitro groups is 1. The van der Waals surface area contributed by atoms with E-state index in [1.165, 1.54) is 12.1 Å². The maximum Gasteiger partial charge on any atom is 0.270 e. The highest BCUT2D eigenvalue weighted by atomic mass is 35.5. The van der Waals surface area contributed by atoms with E-state index in [0.29, 0.717) is 5.15 Å². The molecule has 6 nitrogen and oxygen atoms in total. The summed E-state index contributed by atoms with van der Waals surface area (Å²) >= 11 is 5.76. The Morgan fingerprint density at radius 3 is 2.75 bits per heavy atom. The van der Waals surface area contributed by atoms with Gasteiger partial charge in [0.1, 0.15) is 5.15 Å². The molecule has 0 atom stereocenters. The Bertz CT molecular complexity index is 811. The molecule has 0 unspecified atom stereocenters. The van der Waals surface area contributed by atoms with Gasteiger partial charge in [-0.3, -0.25) is 10.1 Å². The number of nitrogens with zero attached hydrogens (tertiary/aromatic N) is 4. The average Bonchev–Trinajstić information content (AvgIpc) is 2.76. The second-order valence-corrected chi connectivity index (χ2v) is 4.68. The molecule has 0 radical (unpaired) electrons. The number of aryl methyl sites for hydroxylation is 1. The number of pyridine rings is 1. The first-order chi connectivity index (χ1) is 9.56. The van der Waals surface area contributed by atoms with Crippen LogP contribution >= 0.6 is 11.6 Å². The summed E-state index contributed by atoms with van der Waals surface area (Å²) in [5.41, 5.74) is 2.31. The second kappa shape index (κ2) is 4.57. The number of nitro benzene ring substituents is 1. The molecule has 0 fully saturated rings. The molecule has 100 valence electrons. The minimum absolute atomic E-state index is 0.0504. The van der Waals surface area contributed by atoms with Crippen LogP contribution in [0.2, 0.25) is 5.15 Å². The van der Waals surface area contributed by atoms with E-state index in [4.69, 9.17) is 11.6 Å². The topological polar surface area (TPSA) is 73.8 Å². The lowest BCUT2D eigenvalue weighted by Gasteiger charge is -2.02. The van der Waals surface area contributed by atoms with Crippen molar-refractivity contribution in [3.05, 3.63) is 57.5 Å². The first kappa shape index (κ1) is 12.6. The van der Waals surface area contributed by atoms with Crippen LogP contribution in [0.15, 0.2) is 36.5 Å². The van der Waals surface area contributed by atoms with Crippen LogP contribution in [0.5, 0.6) is 0 Å². The number of benzene rings is 1. The maximum absolute atomic E-state index is 10.8. The van der Waals surface area contributed by atoms with Gasteiger partial charge >= 0.3 is 0 Å². The van der Waals surface area contributed by atoms with Crippen molar-refractivity contribution in [2.45, 2.75) is 6.92 Å². The third-order valence-corrected chi connectivity index (χ3v) is 3.24. The van der Waals surface area contributed by atoms with Gasteiger partial charge in [0.05, 0.1) is 28.0 Å². The summed E-state index contributed by atoms with van der Waals surface area (Å²) in [6.45, 7) is 1.81. The van der Waals surface area contributed by atoms with Gasteiger partial charge in [-0.1, -0.05) is 11.6 Å². The molecule has 2 aromatic heterocycles. The van der Waals surface area contributed by atoms with Gasteiger partial charge < -0.3 is 0 Å². The van der Waals surface area contributed by atoms with E-state index >= 15 is 0 Å². The van der Waals surface area contributed by atoms with Gasteiger partial charge in [0, 0.05) is 17.5 Å². The third kappa shape index (κ3) is 2.00. The van der Waals surface area contributed by atoms with Crippen LogP contribution in [0, 0.1) is 17.0 Å². The van der Waals surface area contributed by atoms with Crippen molar-refractivity contribution >= 4 is 28.2 Å². The van der Waals surface area contributed by atoms with Crippen LogP contribution in [-0.2, 0) is 0 Å². The minimum Gasteiger partial charge on any atom is -0.258 e. The number of hydrogen-bond donors (Lipinski definition) is 0. The molecule has 0 N–H and O–H groups in total. The fraction of sp³-hybridized carbons (Fsp3) is 0.0769. The summed E-state index contributed by atoms with van der Waals surface area (Å²) in [4.78, 5) is 14.4. The summed E-state index contributed by atoms with van der Waals surface area (Å²) in [5.74, 6) is 0. The normalized spacial score (nSPS) is 10.9. The quantitative estimate of drug-likeness (QED) is 0.412. The van der Waals surface area contributed by atoms with Crippen LogP contribution in [0.4, 0.5) is 5.69 Å². The van der Waals surface area contributed by atoms with Crippen LogP contribution in [0.1, 0.15) is 5.69 Å². The molecule has 2 heterocycles. The maximum atomic E-state index is 10.8. The van der Waals surface area contributed by atoms with Gasteiger partial charge in [0.2, 0.25) is 0 Å². The van der Waals surface area contributed by atoms with Crippen molar-refractivity contribution in [2.24, 2.45) is 0 Å². The van der Waals surface area contributed by atoms with Crippen LogP contribution in [-0.4, -0.2) is 19.7 Å². The fourth-order valence-electron chi connectivity index (χ4n) is 2.06. The van der Waals surface area contributed by atoms with Gasteiger partial charge in [-0.25, -0.2) is 9.67 Å². The molecule has 0 aliphatic heterocycles. The summed E-state index contributed by atoms with van der Waals surface area (Å²) in [6.07, 6.45) is 1.61. The summed E-state index contributed by atoms with van der Waals surface area (Å²) in [5, 5.41) is 16.4. The Labute approximate surface area is 118 Å². The van der Waals surface area contributed by atoms with Crippen molar-refractivity contribution in [3.63, 3.8) is 0 Å². The van der Waals surface area contributed by atoms with Crippen molar-refractivity contribution in [2.75, 3.05) is 0 Å². The molecular weight excluding hydrogens is 280 g/mol. The molecule has 1 aromatic carbocycles. The van der Waals surface area contributed by atoms with Crippen molar-refractivity contribution < 1.29 is 4.92 Å². The summed E-state index contributed by atoms with van der Waals surface area (Å²) < 4.78 is 1.69. The van der Waals surface area contributed by atoms with Gasteiger partial charge in [0.15, 0.2) is 0 Å². The fourth-order valence-corrected chi connectivity index (χ4v) is 2.17. The first-order valence-corrected chi connectivity index (χ1v) is 6.20. The van der Waals surface area contributed by atoms with E-state index < -0.39 is 4.92 Å². The predicted octanol–water partition coefficient (Wildman–Crippen LogP) is 3.29. The Balaban J connectivity index is 2.22. The van der Waals surface area contributed by atoms with Crippen LogP contribution < -0.4 is 0 Å². The highest BCUT2D eigenvalue weighted by Gasteiger charge is 2.13. The highest BCUT2D eigenvalue weighted by Crippen LogP contribution is 2.25. The Morgan fingerprint density at radius 2 is 2.10 bits per heavy atom. The van der Waals surface area contributed by atoms with Crippen molar-refractivity contribution in [3.8, 4) is 5.69 Å². The van der Waals surface area contributed by atoms with Crippen LogP contribution in [0.3, 0.4) is 0 Å². The van der Waals surface area contributed by atoms with Crippen molar-refractivity contribution in [1.29, 1.82) is 0 Å². The monoisotopic (exact) mass is 288 g/mol. The van der Waals surface area contributed by atoms with Gasteiger partial charge in [0.25, 0.3) is 5.69 Å². The molecule has 0 amide bonds. The van der Waals surface area contributed by atoms with E-state index in [1.54, 1.807) is 29.1 Å². The Hall–Kier alpha value is -2.47. The molecule has 7 heteroatoms. The van der Waals surface area contributed by atoms with Crippen LogP contribution in [0.25, 0.3) is 16.6 Å². The zero-order chi connectivity index (χ0) is 14.3. The number of aromatic nitrogens is 3. The molecule has 0 bridgehead atoms. The number of hydrogen-bond acceptors (Lipinski definition) is 4. The zero-order valence-electron chi connectivity index (χ0n) is 10.4. The number of rotatable bonds is 2. The number of halogens is 1. The number of non-ortho nitro benzene ring substituents is 1. The lowest BCUT2D eigenvalue weighted by Crippen LogP contribution is -1.97. The molecule has 0 saturated carbocycles. The zero-order valence-corrected chi connectivity index (χ0v) is 11.2. The third-order valence-electron chi connectivity index (χ3n) is 3.02. The van der Waals surface area contributed by atoms with Gasteiger partial charge in [-0.15, -0.1) is 0 Å². The largest absolute Gasteiger partial charge is 0.270 e. The van der Waals surface area contributed by atoms with E-state index in [0.717, 1.165) is 22.3 Å². The first-order valence-electron chi connectivity index (χ1n) is 5.82. The molecule has 3 aromatic rings. The smallest absolute Gasteiger partial charge is 0.258 e. The predicted molar refractivity (Wildman–Crippen MR) is 75.3 cm³/mol. The second-order valence-electron chi connectivity index (χ2n) is 4.29. The van der Waals surface area contributed by atoms with Crippen molar-refractivity contribution in [1.82, 2.24) is 14.8 Å². The molecule has 0 aliphatic carbocycles. The van der Waals surface area contributed by atoms with E-state index in [9.17, 15) is 10.1 Å². The summed E-state index contributed by atoms with van der Waals surface area (Å²) in [6, 6.07) is 8.14. The highest BCUT2D eigenvalue weighted by molar-refractivity contribution is 6.29. The van der Waals surface area contributed by atoms with Gasteiger partial charge in [-0.05, 0) is 25.1 Å². The van der Waals surface area contributed by atoms with Gasteiger partial charge in [-0.2, -0.15) is 5.10 Å². The Kier molecular flexibility index (Phi) is 2.87. The van der Waals surface area contributed by atoms with E-state index in [2.05, 4.69) is 10.1 Å². The molecule has 0 aliphatic rings. The standard InChI is InChI=1S/C13H9ClN4O2/c1-8-11-6-9(18(19)20)2-4-12(11)17(16-8)10-3-5-13(14)15-7-10/h2-7H,1H3. The lowest BCUT2D eigenvalue weighted by molar-refractivity contribution is -0.384. The molecule has 0 saturated heterocycles. The SMILES string of the molecule is Cc1nn(-c2ccc(Cl)nc2)c2ccc([N+](=O)[O-])cc12. The number of fused-ring (bicyclic) bond motifs is 1. The molecular formula is C13H9ClN4O2. The van der Waals surface area contributed by atoms with E-state index in [-0.39, 0.29) is 5.69 Å². The average molecular weight is 289 g/mol. The minimum atomic E-state index is -0.417. The molecule has 3 rings (SSSR count). The van der Waals surface area contributed by atoms with E-state index in [1.807, 2.05) is 6.92 Å². The Morgan fingerprint density at radius 1 is 1.30 bits per heavy atom.